The van der Waals surface area contributed by atoms with E-state index in [1.807, 2.05) is 0 Å². The fraction of sp³-hybridized carbons (Fsp3) is 0.667. The zero-order valence-corrected chi connectivity index (χ0v) is 7.77. The highest BCUT2D eigenvalue weighted by Crippen LogP contribution is 2.16. The van der Waals surface area contributed by atoms with Crippen molar-refractivity contribution in [3.05, 3.63) is 0 Å². The third-order valence-corrected chi connectivity index (χ3v) is 2.35. The molecule has 0 radical (unpaired) electrons. The van der Waals surface area contributed by atoms with E-state index in [0.717, 1.165) is 0 Å². The molecule has 1 fully saturated rings. The predicted molar refractivity (Wildman–Crippen MR) is 47.2 cm³/mol. The van der Waals surface area contributed by atoms with Gasteiger partial charge in [0.05, 0.1) is 12.0 Å². The quantitative estimate of drug-likeness (QED) is 0.685. The molecule has 1 aliphatic rings. The Morgan fingerprint density at radius 1 is 1.57 bits per heavy atom. The maximum absolute atomic E-state index is 11.3. The highest BCUT2D eigenvalue weighted by atomic mass is 16.4. The summed E-state index contributed by atoms with van der Waals surface area (Å²) in [6, 6.07) is 1.77. The first-order valence-electron chi connectivity index (χ1n) is 4.52. The van der Waals surface area contributed by atoms with Gasteiger partial charge in [-0.15, -0.1) is 0 Å². The van der Waals surface area contributed by atoms with E-state index < -0.39 is 11.9 Å². The fourth-order valence-electron chi connectivity index (χ4n) is 1.58. The fourth-order valence-corrected chi connectivity index (χ4v) is 1.58. The predicted octanol–water partition coefficient (Wildman–Crippen LogP) is 0.223. The van der Waals surface area contributed by atoms with Crippen molar-refractivity contribution in [1.82, 2.24) is 4.90 Å². The Morgan fingerprint density at radius 3 is 2.86 bits per heavy atom. The molecule has 1 amide bonds. The second-order valence-corrected chi connectivity index (χ2v) is 3.35. The lowest BCUT2D eigenvalue weighted by Gasteiger charge is -2.30. The summed E-state index contributed by atoms with van der Waals surface area (Å²) in [5.74, 6) is -1.59. The SMILES string of the molecule is N#CCC(=O)N1CCC[C@H](C(=O)O)C1. The maximum atomic E-state index is 11.3. The number of piperidine rings is 1. The molecule has 0 saturated carbocycles. The Kier molecular flexibility index (Phi) is 3.46. The van der Waals surface area contributed by atoms with E-state index in [2.05, 4.69) is 0 Å². The molecular formula is C9H12N2O3. The third kappa shape index (κ3) is 2.46. The van der Waals surface area contributed by atoms with E-state index in [4.69, 9.17) is 10.4 Å². The van der Waals surface area contributed by atoms with Gasteiger partial charge in [-0.3, -0.25) is 9.59 Å². The van der Waals surface area contributed by atoms with Crippen molar-refractivity contribution in [2.75, 3.05) is 13.1 Å². The van der Waals surface area contributed by atoms with Gasteiger partial charge in [-0.05, 0) is 12.8 Å². The molecule has 1 heterocycles. The molecule has 0 aromatic heterocycles. The molecule has 0 aromatic carbocycles. The van der Waals surface area contributed by atoms with Crippen LogP contribution in [0.3, 0.4) is 0 Å². The van der Waals surface area contributed by atoms with Crippen LogP contribution >= 0.6 is 0 Å². The molecule has 1 atom stereocenters. The van der Waals surface area contributed by atoms with Crippen LogP contribution in [0.1, 0.15) is 19.3 Å². The molecule has 14 heavy (non-hydrogen) atoms. The average molecular weight is 196 g/mol. The topological polar surface area (TPSA) is 81.4 Å². The van der Waals surface area contributed by atoms with Crippen LogP contribution in [0, 0.1) is 17.2 Å². The van der Waals surface area contributed by atoms with Gasteiger partial charge in [-0.25, -0.2) is 0 Å². The minimum atomic E-state index is -0.862. The summed E-state index contributed by atoms with van der Waals surface area (Å²) < 4.78 is 0. The third-order valence-electron chi connectivity index (χ3n) is 2.35. The van der Waals surface area contributed by atoms with Crippen LogP contribution in [-0.4, -0.2) is 35.0 Å². The summed E-state index contributed by atoms with van der Waals surface area (Å²) in [6.07, 6.45) is 1.16. The van der Waals surface area contributed by atoms with Gasteiger partial charge in [-0.1, -0.05) is 0 Å². The Labute approximate surface area is 81.9 Å². The molecule has 0 aliphatic carbocycles. The number of hydrogen-bond donors (Lipinski definition) is 1. The van der Waals surface area contributed by atoms with Crippen molar-refractivity contribution in [2.24, 2.45) is 5.92 Å². The van der Waals surface area contributed by atoms with Crippen molar-refractivity contribution in [3.8, 4) is 6.07 Å². The first kappa shape index (κ1) is 10.5. The smallest absolute Gasteiger partial charge is 0.308 e. The molecule has 0 bridgehead atoms. The molecule has 5 heteroatoms. The molecule has 1 rings (SSSR count). The summed E-state index contributed by atoms with van der Waals surface area (Å²) >= 11 is 0. The summed E-state index contributed by atoms with van der Waals surface area (Å²) in [5.41, 5.74) is 0. The van der Waals surface area contributed by atoms with Crippen LogP contribution in [0.2, 0.25) is 0 Å². The zero-order chi connectivity index (χ0) is 10.6. The number of carbonyl (C=O) groups is 2. The van der Waals surface area contributed by atoms with Crippen LogP contribution in [0.25, 0.3) is 0 Å². The lowest BCUT2D eigenvalue weighted by molar-refractivity contribution is -0.145. The minimum absolute atomic E-state index is 0.160. The van der Waals surface area contributed by atoms with Crippen molar-refractivity contribution in [3.63, 3.8) is 0 Å². The molecule has 5 nitrogen and oxygen atoms in total. The van der Waals surface area contributed by atoms with Gasteiger partial charge in [0, 0.05) is 13.1 Å². The molecule has 1 saturated heterocycles. The van der Waals surface area contributed by atoms with Gasteiger partial charge in [-0.2, -0.15) is 5.26 Å². The number of rotatable bonds is 2. The van der Waals surface area contributed by atoms with Gasteiger partial charge in [0.25, 0.3) is 0 Å². The number of amides is 1. The molecule has 1 aliphatic heterocycles. The molecule has 0 spiro atoms. The van der Waals surface area contributed by atoms with Crippen LogP contribution in [-0.2, 0) is 9.59 Å². The second-order valence-electron chi connectivity index (χ2n) is 3.35. The molecule has 0 unspecified atom stereocenters. The monoisotopic (exact) mass is 196 g/mol. The molecule has 1 N–H and O–H groups in total. The number of carboxylic acid groups (broad SMARTS) is 1. The van der Waals surface area contributed by atoms with E-state index in [1.165, 1.54) is 4.90 Å². The van der Waals surface area contributed by atoms with Crippen LogP contribution in [0.15, 0.2) is 0 Å². The number of nitrogens with zero attached hydrogens (tertiary/aromatic N) is 2. The highest BCUT2D eigenvalue weighted by Gasteiger charge is 2.27. The van der Waals surface area contributed by atoms with Gasteiger partial charge in [0.1, 0.15) is 6.42 Å². The number of likely N-dealkylation sites (tertiary alicyclic amines) is 1. The molecule has 0 aromatic rings. The highest BCUT2D eigenvalue weighted by molar-refractivity contribution is 5.79. The van der Waals surface area contributed by atoms with Gasteiger partial charge < -0.3 is 10.0 Å². The second kappa shape index (κ2) is 4.61. The van der Waals surface area contributed by atoms with Gasteiger partial charge in [0.15, 0.2) is 0 Å². The van der Waals surface area contributed by atoms with Crippen molar-refractivity contribution >= 4 is 11.9 Å². The van der Waals surface area contributed by atoms with E-state index in [1.54, 1.807) is 6.07 Å². The van der Waals surface area contributed by atoms with Crippen molar-refractivity contribution in [1.29, 1.82) is 5.26 Å². The van der Waals surface area contributed by atoms with Crippen LogP contribution in [0.4, 0.5) is 0 Å². The van der Waals surface area contributed by atoms with Crippen LogP contribution < -0.4 is 0 Å². The minimum Gasteiger partial charge on any atom is -0.481 e. The Hall–Kier alpha value is -1.57. The van der Waals surface area contributed by atoms with E-state index in [9.17, 15) is 9.59 Å². The van der Waals surface area contributed by atoms with Gasteiger partial charge in [0.2, 0.25) is 5.91 Å². The lowest BCUT2D eigenvalue weighted by Crippen LogP contribution is -2.42. The molecular weight excluding hydrogens is 184 g/mol. The summed E-state index contributed by atoms with van der Waals surface area (Å²) in [4.78, 5) is 23.4. The van der Waals surface area contributed by atoms with Crippen molar-refractivity contribution in [2.45, 2.75) is 19.3 Å². The normalized spacial score (nSPS) is 21.4. The standard InChI is InChI=1S/C9H12N2O3/c10-4-3-8(12)11-5-1-2-7(6-11)9(13)14/h7H,1-3,5-6H2,(H,13,14)/t7-/m0/s1. The zero-order valence-electron chi connectivity index (χ0n) is 7.77. The first-order valence-corrected chi connectivity index (χ1v) is 4.52. The molecule has 76 valence electrons. The van der Waals surface area contributed by atoms with E-state index in [-0.39, 0.29) is 18.9 Å². The lowest BCUT2D eigenvalue weighted by atomic mass is 9.98. The number of carboxylic acids is 1. The Balaban J connectivity index is 2.52. The average Bonchev–Trinajstić information content (AvgIpc) is 2.18. The summed E-state index contributed by atoms with van der Waals surface area (Å²) in [7, 11) is 0. The van der Waals surface area contributed by atoms with Crippen molar-refractivity contribution < 1.29 is 14.7 Å². The first-order chi connectivity index (χ1) is 6.65. The maximum Gasteiger partial charge on any atom is 0.308 e. The van der Waals surface area contributed by atoms with E-state index >= 15 is 0 Å². The summed E-state index contributed by atoms with van der Waals surface area (Å²) in [6.45, 7) is 0.820. The Morgan fingerprint density at radius 2 is 2.29 bits per heavy atom. The number of hydrogen-bond acceptors (Lipinski definition) is 3. The van der Waals surface area contributed by atoms with Gasteiger partial charge >= 0.3 is 5.97 Å². The number of aliphatic carboxylic acids is 1. The largest absolute Gasteiger partial charge is 0.481 e. The Bertz CT molecular complexity index is 282. The number of carbonyl (C=O) groups excluding carboxylic acids is 1. The van der Waals surface area contributed by atoms with E-state index in [0.29, 0.717) is 19.4 Å². The summed E-state index contributed by atoms with van der Waals surface area (Å²) in [5, 5.41) is 17.1. The van der Waals surface area contributed by atoms with Crippen LogP contribution in [0.5, 0.6) is 0 Å². The number of nitriles is 1.